The van der Waals surface area contributed by atoms with Gasteiger partial charge in [-0.2, -0.15) is 0 Å². The third-order valence-corrected chi connectivity index (χ3v) is 6.03. The highest BCUT2D eigenvalue weighted by Gasteiger charge is 2.14. The van der Waals surface area contributed by atoms with Crippen LogP contribution >= 0.6 is 23.4 Å². The molecule has 2 aromatic carbocycles. The molecular weight excluding hydrogens is 424 g/mol. The van der Waals surface area contributed by atoms with Gasteiger partial charge in [-0.1, -0.05) is 35.5 Å². The Hall–Kier alpha value is -2.71. The van der Waals surface area contributed by atoms with E-state index in [-0.39, 0.29) is 18.3 Å². The summed E-state index contributed by atoms with van der Waals surface area (Å²) in [6.45, 7) is 4.14. The molecule has 0 atom stereocenters. The first kappa shape index (κ1) is 22.0. The SMILES string of the molecule is COc1ccccc1NC(=O)CSc1nnc(COc2cc(C)c(Cl)c(C)c2)n1C. The van der Waals surface area contributed by atoms with Crippen LogP contribution in [0.4, 0.5) is 5.69 Å². The second-order valence-corrected chi connectivity index (χ2v) is 7.98. The fraction of sp³-hybridized carbons (Fsp3) is 0.286. The summed E-state index contributed by atoms with van der Waals surface area (Å²) >= 11 is 7.50. The highest BCUT2D eigenvalue weighted by molar-refractivity contribution is 7.99. The minimum atomic E-state index is -0.155. The summed E-state index contributed by atoms with van der Waals surface area (Å²) in [5.41, 5.74) is 2.55. The van der Waals surface area contributed by atoms with Gasteiger partial charge >= 0.3 is 0 Å². The maximum absolute atomic E-state index is 12.3. The van der Waals surface area contributed by atoms with Gasteiger partial charge in [-0.25, -0.2) is 0 Å². The van der Waals surface area contributed by atoms with Gasteiger partial charge < -0.3 is 19.4 Å². The lowest BCUT2D eigenvalue weighted by Gasteiger charge is -2.10. The number of carbonyl (C=O) groups is 1. The van der Waals surface area contributed by atoms with Crippen molar-refractivity contribution in [1.29, 1.82) is 0 Å². The third kappa shape index (κ3) is 5.25. The van der Waals surface area contributed by atoms with Gasteiger partial charge in [0.1, 0.15) is 18.1 Å². The summed E-state index contributed by atoms with van der Waals surface area (Å²) in [6.07, 6.45) is 0. The number of aromatic nitrogens is 3. The molecule has 0 fully saturated rings. The number of rotatable bonds is 8. The molecule has 1 heterocycles. The van der Waals surface area contributed by atoms with E-state index < -0.39 is 0 Å². The van der Waals surface area contributed by atoms with Gasteiger partial charge in [0.2, 0.25) is 5.91 Å². The lowest BCUT2D eigenvalue weighted by Crippen LogP contribution is -2.15. The molecule has 0 unspecified atom stereocenters. The predicted molar refractivity (Wildman–Crippen MR) is 119 cm³/mol. The van der Waals surface area contributed by atoms with Crippen molar-refractivity contribution in [2.45, 2.75) is 25.6 Å². The largest absolute Gasteiger partial charge is 0.495 e. The summed E-state index contributed by atoms with van der Waals surface area (Å²) in [7, 11) is 3.41. The number of amides is 1. The lowest BCUT2D eigenvalue weighted by atomic mass is 10.1. The number of hydrogen-bond donors (Lipinski definition) is 1. The number of hydrogen-bond acceptors (Lipinski definition) is 6. The van der Waals surface area contributed by atoms with E-state index in [0.29, 0.717) is 22.4 Å². The highest BCUT2D eigenvalue weighted by atomic mass is 35.5. The fourth-order valence-corrected chi connectivity index (χ4v) is 3.64. The number of nitrogens with zero attached hydrogens (tertiary/aromatic N) is 3. The normalized spacial score (nSPS) is 10.7. The van der Waals surface area contributed by atoms with E-state index in [4.69, 9.17) is 21.1 Å². The average molecular weight is 447 g/mol. The van der Waals surface area contributed by atoms with Crippen LogP contribution < -0.4 is 14.8 Å². The number of ether oxygens (including phenoxy) is 2. The van der Waals surface area contributed by atoms with E-state index >= 15 is 0 Å². The maximum Gasteiger partial charge on any atom is 0.234 e. The molecule has 0 saturated carbocycles. The Morgan fingerprint density at radius 2 is 1.90 bits per heavy atom. The molecule has 9 heteroatoms. The summed E-state index contributed by atoms with van der Waals surface area (Å²) in [5.74, 6) is 2.04. The van der Waals surface area contributed by atoms with Crippen LogP contribution in [0.5, 0.6) is 11.5 Å². The summed E-state index contributed by atoms with van der Waals surface area (Å²) in [5, 5.41) is 12.5. The third-order valence-electron chi connectivity index (χ3n) is 4.42. The number of thioether (sulfide) groups is 1. The van der Waals surface area contributed by atoms with Crippen LogP contribution in [0.15, 0.2) is 41.6 Å². The molecule has 1 N–H and O–H groups in total. The zero-order valence-corrected chi connectivity index (χ0v) is 18.8. The molecule has 0 radical (unpaired) electrons. The first-order chi connectivity index (χ1) is 14.4. The predicted octanol–water partition coefficient (Wildman–Crippen LogP) is 4.40. The number of para-hydroxylation sites is 2. The van der Waals surface area contributed by atoms with Crippen LogP contribution in [-0.4, -0.2) is 33.5 Å². The molecule has 30 heavy (non-hydrogen) atoms. The number of benzene rings is 2. The van der Waals surface area contributed by atoms with E-state index in [1.54, 1.807) is 19.2 Å². The topological polar surface area (TPSA) is 78.3 Å². The number of halogens is 1. The van der Waals surface area contributed by atoms with Crippen molar-refractivity contribution in [3.8, 4) is 11.5 Å². The minimum absolute atomic E-state index is 0.155. The molecule has 0 bridgehead atoms. The van der Waals surface area contributed by atoms with Gasteiger partial charge in [-0.05, 0) is 49.2 Å². The molecular formula is C21H23ClN4O3S. The van der Waals surface area contributed by atoms with Gasteiger partial charge in [0.25, 0.3) is 0 Å². The summed E-state index contributed by atoms with van der Waals surface area (Å²) < 4.78 is 12.9. The standard InChI is InChI=1S/C21H23ClN4O3S/c1-13-9-15(10-14(2)20(13)22)29-11-18-24-25-21(26(18)3)30-12-19(27)23-16-7-5-6-8-17(16)28-4/h5-10H,11-12H2,1-4H3,(H,23,27). The Bertz CT molecular complexity index is 1030. The van der Waals surface area contributed by atoms with Crippen molar-refractivity contribution in [1.82, 2.24) is 14.8 Å². The van der Waals surface area contributed by atoms with Crippen molar-refractivity contribution in [2.24, 2.45) is 7.05 Å². The fourth-order valence-electron chi connectivity index (χ4n) is 2.80. The molecule has 0 saturated heterocycles. The maximum atomic E-state index is 12.3. The number of aryl methyl sites for hydroxylation is 2. The number of anilines is 1. The van der Waals surface area contributed by atoms with Crippen molar-refractivity contribution < 1.29 is 14.3 Å². The second kappa shape index (κ2) is 9.86. The Balaban J connectivity index is 1.57. The Kier molecular flexibility index (Phi) is 7.23. The Morgan fingerprint density at radius 3 is 2.60 bits per heavy atom. The molecule has 0 aliphatic heterocycles. The average Bonchev–Trinajstić information content (AvgIpc) is 3.08. The van der Waals surface area contributed by atoms with E-state index in [9.17, 15) is 4.79 Å². The van der Waals surface area contributed by atoms with Crippen LogP contribution in [0.3, 0.4) is 0 Å². The number of methoxy groups -OCH3 is 1. The van der Waals surface area contributed by atoms with Crippen molar-refractivity contribution in [3.05, 3.63) is 58.4 Å². The summed E-state index contributed by atoms with van der Waals surface area (Å²) in [6, 6.07) is 11.1. The molecule has 7 nitrogen and oxygen atoms in total. The molecule has 158 valence electrons. The highest BCUT2D eigenvalue weighted by Crippen LogP contribution is 2.27. The van der Waals surface area contributed by atoms with Gasteiger partial charge in [0, 0.05) is 12.1 Å². The molecule has 3 rings (SSSR count). The molecule has 0 spiro atoms. The Labute approximate surface area is 184 Å². The zero-order valence-electron chi connectivity index (χ0n) is 17.2. The monoisotopic (exact) mass is 446 g/mol. The first-order valence-corrected chi connectivity index (χ1v) is 10.6. The molecule has 3 aromatic rings. The van der Waals surface area contributed by atoms with Gasteiger partial charge in [0.05, 0.1) is 18.6 Å². The quantitative estimate of drug-likeness (QED) is 0.516. The van der Waals surface area contributed by atoms with Crippen LogP contribution in [0.25, 0.3) is 0 Å². The molecule has 0 aliphatic carbocycles. The van der Waals surface area contributed by atoms with E-state index in [1.807, 2.05) is 49.7 Å². The number of carbonyl (C=O) groups excluding carboxylic acids is 1. The minimum Gasteiger partial charge on any atom is -0.495 e. The lowest BCUT2D eigenvalue weighted by molar-refractivity contribution is -0.113. The molecule has 1 aromatic heterocycles. The van der Waals surface area contributed by atoms with Crippen LogP contribution in [-0.2, 0) is 18.4 Å². The summed E-state index contributed by atoms with van der Waals surface area (Å²) in [4.78, 5) is 12.3. The van der Waals surface area contributed by atoms with E-state index in [2.05, 4.69) is 15.5 Å². The van der Waals surface area contributed by atoms with Gasteiger partial charge in [0.15, 0.2) is 11.0 Å². The van der Waals surface area contributed by atoms with Crippen LogP contribution in [0.1, 0.15) is 17.0 Å². The van der Waals surface area contributed by atoms with Gasteiger partial charge in [-0.3, -0.25) is 4.79 Å². The van der Waals surface area contributed by atoms with E-state index in [1.165, 1.54) is 11.8 Å². The van der Waals surface area contributed by atoms with E-state index in [0.717, 1.165) is 21.9 Å². The first-order valence-electron chi connectivity index (χ1n) is 9.22. The zero-order chi connectivity index (χ0) is 21.7. The van der Waals surface area contributed by atoms with Crippen molar-refractivity contribution in [3.63, 3.8) is 0 Å². The van der Waals surface area contributed by atoms with Crippen LogP contribution in [0, 0.1) is 13.8 Å². The molecule has 0 aliphatic rings. The van der Waals surface area contributed by atoms with Crippen molar-refractivity contribution in [2.75, 3.05) is 18.2 Å². The Morgan fingerprint density at radius 1 is 1.20 bits per heavy atom. The van der Waals surface area contributed by atoms with Gasteiger partial charge in [-0.15, -0.1) is 10.2 Å². The smallest absolute Gasteiger partial charge is 0.234 e. The van der Waals surface area contributed by atoms with Crippen LogP contribution in [0.2, 0.25) is 5.02 Å². The van der Waals surface area contributed by atoms with Crippen molar-refractivity contribution >= 4 is 35.0 Å². The molecule has 1 amide bonds. The number of nitrogens with one attached hydrogen (secondary N) is 1. The second-order valence-electron chi connectivity index (χ2n) is 6.65.